The van der Waals surface area contributed by atoms with Crippen molar-refractivity contribution in [2.24, 2.45) is 11.7 Å². The van der Waals surface area contributed by atoms with Crippen LogP contribution in [0.2, 0.25) is 0 Å². The number of rotatable bonds is 6. The second-order valence-electron chi connectivity index (χ2n) is 4.87. The predicted molar refractivity (Wildman–Crippen MR) is 72.1 cm³/mol. The van der Waals surface area contributed by atoms with Crippen molar-refractivity contribution in [3.05, 3.63) is 29.8 Å². The number of carbonyl (C=O) groups is 1. The molecule has 0 radical (unpaired) electrons. The lowest BCUT2D eigenvalue weighted by molar-refractivity contribution is -0.125. The maximum absolute atomic E-state index is 12.0. The average Bonchev–Trinajstić information content (AvgIpc) is 2.86. The molecule has 2 rings (SSSR count). The van der Waals surface area contributed by atoms with Crippen molar-refractivity contribution >= 4 is 5.91 Å². The summed E-state index contributed by atoms with van der Waals surface area (Å²) in [6, 6.07) is 6.08. The van der Waals surface area contributed by atoms with Crippen LogP contribution in [0.25, 0.3) is 0 Å². The number of hydrogen-bond acceptors (Lipinski definition) is 4. The third-order valence-corrected chi connectivity index (χ3v) is 3.32. The smallest absolute Gasteiger partial charge is 0.387 e. The molecule has 1 aliphatic heterocycles. The molecule has 5 nitrogen and oxygen atoms in total. The van der Waals surface area contributed by atoms with Crippen molar-refractivity contribution in [3.8, 4) is 5.75 Å². The van der Waals surface area contributed by atoms with E-state index in [1.807, 2.05) is 0 Å². The first-order valence-electron chi connectivity index (χ1n) is 6.71. The van der Waals surface area contributed by atoms with E-state index in [1.54, 1.807) is 12.1 Å². The van der Waals surface area contributed by atoms with Gasteiger partial charge in [-0.1, -0.05) is 12.1 Å². The van der Waals surface area contributed by atoms with Crippen LogP contribution in [0.15, 0.2) is 24.3 Å². The number of halogens is 2. The van der Waals surface area contributed by atoms with Crippen LogP contribution in [0.1, 0.15) is 5.56 Å². The first-order valence-corrected chi connectivity index (χ1v) is 6.71. The number of carbonyl (C=O) groups excluding carboxylic acids is 1. The van der Waals surface area contributed by atoms with E-state index in [4.69, 9.17) is 10.5 Å². The zero-order chi connectivity index (χ0) is 15.2. The standard InChI is InChI=1S/C14H18F2N2O3/c15-14(16)21-10-3-1-9(2-4-10)5-6-18-13(19)11-7-20-8-12(11)17/h1-4,11-12,14H,5-8,17H2,(H,18,19). The van der Waals surface area contributed by atoms with Gasteiger partial charge in [-0.25, -0.2) is 0 Å². The molecule has 1 amide bonds. The second-order valence-corrected chi connectivity index (χ2v) is 4.87. The Bertz CT molecular complexity index is 468. The number of ether oxygens (including phenoxy) is 2. The summed E-state index contributed by atoms with van der Waals surface area (Å²) in [4.78, 5) is 11.8. The highest BCUT2D eigenvalue weighted by molar-refractivity contribution is 5.79. The molecule has 1 aliphatic rings. The van der Waals surface area contributed by atoms with Gasteiger partial charge in [0.25, 0.3) is 0 Å². The fourth-order valence-corrected chi connectivity index (χ4v) is 2.14. The van der Waals surface area contributed by atoms with Crippen LogP contribution in [0.5, 0.6) is 5.75 Å². The van der Waals surface area contributed by atoms with Gasteiger partial charge in [-0.15, -0.1) is 0 Å². The van der Waals surface area contributed by atoms with Crippen LogP contribution in [-0.2, 0) is 16.0 Å². The maximum Gasteiger partial charge on any atom is 0.387 e. The van der Waals surface area contributed by atoms with Gasteiger partial charge in [-0.05, 0) is 24.1 Å². The van der Waals surface area contributed by atoms with Crippen LogP contribution in [0.4, 0.5) is 8.78 Å². The van der Waals surface area contributed by atoms with E-state index in [9.17, 15) is 13.6 Å². The van der Waals surface area contributed by atoms with Crippen molar-refractivity contribution in [2.75, 3.05) is 19.8 Å². The largest absolute Gasteiger partial charge is 0.435 e. The molecular weight excluding hydrogens is 282 g/mol. The molecular formula is C14H18F2N2O3. The molecule has 0 saturated carbocycles. The highest BCUT2D eigenvalue weighted by Gasteiger charge is 2.30. The van der Waals surface area contributed by atoms with Gasteiger partial charge >= 0.3 is 6.61 Å². The highest BCUT2D eigenvalue weighted by Crippen LogP contribution is 2.15. The zero-order valence-electron chi connectivity index (χ0n) is 11.4. The zero-order valence-corrected chi connectivity index (χ0v) is 11.4. The Morgan fingerprint density at radius 2 is 2.10 bits per heavy atom. The highest BCUT2D eigenvalue weighted by atomic mass is 19.3. The quantitative estimate of drug-likeness (QED) is 0.819. The number of hydrogen-bond donors (Lipinski definition) is 2. The van der Waals surface area contributed by atoms with Crippen LogP contribution in [0.3, 0.4) is 0 Å². The van der Waals surface area contributed by atoms with Crippen molar-refractivity contribution in [1.82, 2.24) is 5.32 Å². The molecule has 0 aliphatic carbocycles. The van der Waals surface area contributed by atoms with E-state index < -0.39 is 6.61 Å². The lowest BCUT2D eigenvalue weighted by Gasteiger charge is -2.13. The van der Waals surface area contributed by atoms with Gasteiger partial charge in [0.15, 0.2) is 0 Å². The Morgan fingerprint density at radius 1 is 1.38 bits per heavy atom. The summed E-state index contributed by atoms with van der Waals surface area (Å²) in [6.07, 6.45) is 0.601. The molecule has 7 heteroatoms. The summed E-state index contributed by atoms with van der Waals surface area (Å²) in [5, 5.41) is 2.80. The number of nitrogens with one attached hydrogen (secondary N) is 1. The molecule has 21 heavy (non-hydrogen) atoms. The molecule has 0 aromatic heterocycles. The Hall–Kier alpha value is -1.73. The van der Waals surface area contributed by atoms with Crippen LogP contribution >= 0.6 is 0 Å². The normalized spacial score (nSPS) is 21.5. The van der Waals surface area contributed by atoms with Gasteiger partial charge in [0.1, 0.15) is 5.75 Å². The third-order valence-electron chi connectivity index (χ3n) is 3.32. The van der Waals surface area contributed by atoms with Crippen molar-refractivity contribution < 1.29 is 23.0 Å². The summed E-state index contributed by atoms with van der Waals surface area (Å²) in [7, 11) is 0. The minimum absolute atomic E-state index is 0.113. The van der Waals surface area contributed by atoms with Gasteiger partial charge in [0.05, 0.1) is 19.1 Å². The number of amides is 1. The lowest BCUT2D eigenvalue weighted by atomic mass is 10.0. The molecule has 2 unspecified atom stereocenters. The van der Waals surface area contributed by atoms with Crippen molar-refractivity contribution in [1.29, 1.82) is 0 Å². The average molecular weight is 300 g/mol. The summed E-state index contributed by atoms with van der Waals surface area (Å²) in [5.41, 5.74) is 6.68. The van der Waals surface area contributed by atoms with Gasteiger partial charge in [0, 0.05) is 12.6 Å². The lowest BCUT2D eigenvalue weighted by Crippen LogP contribution is -2.41. The Morgan fingerprint density at radius 3 is 2.67 bits per heavy atom. The molecule has 1 saturated heterocycles. The van der Waals surface area contributed by atoms with Gasteiger partial charge < -0.3 is 20.5 Å². The molecule has 2 atom stereocenters. The Labute approximate surface area is 121 Å². The van der Waals surface area contributed by atoms with Crippen LogP contribution in [0, 0.1) is 5.92 Å². The monoisotopic (exact) mass is 300 g/mol. The number of alkyl halides is 2. The molecule has 0 spiro atoms. The first-order chi connectivity index (χ1) is 10.1. The molecule has 3 N–H and O–H groups in total. The topological polar surface area (TPSA) is 73.6 Å². The van der Waals surface area contributed by atoms with E-state index in [-0.39, 0.29) is 23.6 Å². The molecule has 1 aromatic carbocycles. The van der Waals surface area contributed by atoms with Crippen LogP contribution in [-0.4, -0.2) is 38.3 Å². The summed E-state index contributed by atoms with van der Waals surface area (Å²) < 4.78 is 33.4. The number of benzene rings is 1. The minimum Gasteiger partial charge on any atom is -0.435 e. The van der Waals surface area contributed by atoms with Crippen molar-refractivity contribution in [3.63, 3.8) is 0 Å². The fraction of sp³-hybridized carbons (Fsp3) is 0.500. The SMILES string of the molecule is NC1COCC1C(=O)NCCc1ccc(OC(F)F)cc1. The third kappa shape index (κ3) is 4.64. The molecule has 1 fully saturated rings. The van der Waals surface area contributed by atoms with E-state index in [0.29, 0.717) is 26.2 Å². The maximum atomic E-state index is 12.0. The van der Waals surface area contributed by atoms with E-state index in [1.165, 1.54) is 12.1 Å². The number of nitrogens with two attached hydrogens (primary N) is 1. The van der Waals surface area contributed by atoms with Crippen molar-refractivity contribution in [2.45, 2.75) is 19.1 Å². The van der Waals surface area contributed by atoms with E-state index in [2.05, 4.69) is 10.1 Å². The molecule has 1 heterocycles. The summed E-state index contributed by atoms with van der Waals surface area (Å²) in [6.45, 7) is -1.61. The molecule has 116 valence electrons. The minimum atomic E-state index is -2.83. The Balaban J connectivity index is 1.74. The summed E-state index contributed by atoms with van der Waals surface area (Å²) >= 11 is 0. The first kappa shape index (κ1) is 15.7. The van der Waals surface area contributed by atoms with E-state index >= 15 is 0 Å². The molecule has 1 aromatic rings. The summed E-state index contributed by atoms with van der Waals surface area (Å²) in [5.74, 6) is -0.295. The van der Waals surface area contributed by atoms with Gasteiger partial charge in [-0.2, -0.15) is 8.78 Å². The Kier molecular flexibility index (Phi) is 5.46. The fourth-order valence-electron chi connectivity index (χ4n) is 2.14. The van der Waals surface area contributed by atoms with E-state index in [0.717, 1.165) is 5.56 Å². The van der Waals surface area contributed by atoms with Gasteiger partial charge in [-0.3, -0.25) is 4.79 Å². The predicted octanol–water partition coefficient (Wildman–Crippen LogP) is 0.920. The molecule has 0 bridgehead atoms. The van der Waals surface area contributed by atoms with Crippen LogP contribution < -0.4 is 15.8 Å². The van der Waals surface area contributed by atoms with Gasteiger partial charge in [0.2, 0.25) is 5.91 Å². The second kappa shape index (κ2) is 7.33.